The van der Waals surface area contributed by atoms with Gasteiger partial charge in [0.05, 0.1) is 5.69 Å². The van der Waals surface area contributed by atoms with Crippen molar-refractivity contribution in [1.29, 1.82) is 0 Å². The smallest absolute Gasteiger partial charge is 0.135 e. The standard InChI is InChI=1S/C24H17NO/c1-16-13-14-21(25-15-16)20-10-6-12-23-24(20)19-9-3-2-7-17(19)18-8-4-5-11-22(18)26-23/h2-15H,1H3/i1D3. The van der Waals surface area contributed by atoms with Crippen LogP contribution < -0.4 is 4.74 Å². The zero-order chi connectivity index (χ0) is 20.0. The molecule has 5 rings (SSSR count). The SMILES string of the molecule is [2H]C([2H])([2H])c1ccc(-c2cccc3c2-c2ccccc2-c2ccccc2O3)nc1. The Kier molecular flexibility index (Phi) is 2.71. The van der Waals surface area contributed by atoms with E-state index in [2.05, 4.69) is 23.2 Å². The minimum Gasteiger partial charge on any atom is -0.456 e. The van der Waals surface area contributed by atoms with Gasteiger partial charge in [-0.05, 0) is 41.7 Å². The Bertz CT molecular complexity index is 1210. The van der Waals surface area contributed by atoms with E-state index in [9.17, 15) is 0 Å². The van der Waals surface area contributed by atoms with Crippen LogP contribution in [0.25, 0.3) is 33.5 Å². The van der Waals surface area contributed by atoms with Crippen molar-refractivity contribution in [1.82, 2.24) is 4.98 Å². The number of hydrogen-bond donors (Lipinski definition) is 0. The van der Waals surface area contributed by atoms with Crippen molar-refractivity contribution >= 4 is 0 Å². The lowest BCUT2D eigenvalue weighted by Gasteiger charge is -2.14. The highest BCUT2D eigenvalue weighted by atomic mass is 16.5. The topological polar surface area (TPSA) is 22.1 Å². The summed E-state index contributed by atoms with van der Waals surface area (Å²) in [5.74, 6) is 1.56. The molecule has 3 aromatic carbocycles. The van der Waals surface area contributed by atoms with Crippen LogP contribution in [0.4, 0.5) is 0 Å². The number of ether oxygens (including phenoxy) is 1. The molecule has 0 aliphatic carbocycles. The molecule has 2 nitrogen and oxygen atoms in total. The molecule has 0 saturated heterocycles. The summed E-state index contributed by atoms with van der Waals surface area (Å²) in [5, 5.41) is 0. The zero-order valence-corrected chi connectivity index (χ0v) is 13.9. The molecule has 1 aliphatic rings. The molecule has 0 saturated carbocycles. The van der Waals surface area contributed by atoms with Crippen molar-refractivity contribution in [3.05, 3.63) is 90.6 Å². The number of nitrogens with zero attached hydrogens (tertiary/aromatic N) is 1. The summed E-state index contributed by atoms with van der Waals surface area (Å²) in [7, 11) is 0. The summed E-state index contributed by atoms with van der Waals surface area (Å²) < 4.78 is 29.0. The van der Waals surface area contributed by atoms with Gasteiger partial charge >= 0.3 is 0 Å². The largest absolute Gasteiger partial charge is 0.456 e. The number of pyridine rings is 1. The normalized spacial score (nSPS) is 13.8. The average molecular weight is 338 g/mol. The number of benzene rings is 3. The number of rotatable bonds is 1. The van der Waals surface area contributed by atoms with Crippen LogP contribution in [0.2, 0.25) is 0 Å². The maximum Gasteiger partial charge on any atom is 0.135 e. The molecule has 0 spiro atoms. The van der Waals surface area contributed by atoms with Crippen LogP contribution in [0.5, 0.6) is 11.5 Å². The van der Waals surface area contributed by atoms with Gasteiger partial charge in [-0.3, -0.25) is 4.98 Å². The van der Waals surface area contributed by atoms with Crippen LogP contribution in [-0.2, 0) is 0 Å². The van der Waals surface area contributed by atoms with E-state index in [0.29, 0.717) is 5.69 Å². The van der Waals surface area contributed by atoms with E-state index in [1.807, 2.05) is 48.5 Å². The molecule has 0 atom stereocenters. The number of aryl methyl sites for hydroxylation is 1. The Morgan fingerprint density at radius 3 is 2.23 bits per heavy atom. The molecule has 0 bridgehead atoms. The van der Waals surface area contributed by atoms with Gasteiger partial charge in [0.2, 0.25) is 0 Å². The first-order valence-corrected chi connectivity index (χ1v) is 8.49. The van der Waals surface area contributed by atoms with Gasteiger partial charge < -0.3 is 4.74 Å². The second-order valence-corrected chi connectivity index (χ2v) is 6.25. The first kappa shape index (κ1) is 12.0. The highest BCUT2D eigenvalue weighted by Gasteiger charge is 2.23. The van der Waals surface area contributed by atoms with Crippen LogP contribution in [0.15, 0.2) is 85.1 Å². The van der Waals surface area contributed by atoms with E-state index < -0.39 is 6.85 Å². The Balaban J connectivity index is 1.75. The highest BCUT2D eigenvalue weighted by Crippen LogP contribution is 2.49. The molecule has 0 amide bonds. The van der Waals surface area contributed by atoms with E-state index in [0.717, 1.165) is 39.3 Å². The van der Waals surface area contributed by atoms with Crippen molar-refractivity contribution in [2.45, 2.75) is 6.85 Å². The summed E-state index contributed by atoms with van der Waals surface area (Å²) in [6.07, 6.45) is 1.43. The second kappa shape index (κ2) is 5.85. The maximum absolute atomic E-state index is 7.57. The van der Waals surface area contributed by atoms with E-state index in [1.165, 1.54) is 6.20 Å². The van der Waals surface area contributed by atoms with Crippen LogP contribution >= 0.6 is 0 Å². The fourth-order valence-corrected chi connectivity index (χ4v) is 3.49. The van der Waals surface area contributed by atoms with E-state index in [1.54, 1.807) is 12.1 Å². The fourth-order valence-electron chi connectivity index (χ4n) is 3.49. The predicted octanol–water partition coefficient (Wildman–Crippen LogP) is 6.50. The van der Waals surface area contributed by atoms with E-state index in [4.69, 9.17) is 8.85 Å². The highest BCUT2D eigenvalue weighted by molar-refractivity contribution is 5.96. The molecule has 1 aliphatic heterocycles. The van der Waals surface area contributed by atoms with Gasteiger partial charge in [-0.15, -0.1) is 0 Å². The lowest BCUT2D eigenvalue weighted by molar-refractivity contribution is 0.488. The molecule has 0 unspecified atom stereocenters. The van der Waals surface area contributed by atoms with Gasteiger partial charge in [0.1, 0.15) is 11.5 Å². The number of aromatic nitrogens is 1. The predicted molar refractivity (Wildman–Crippen MR) is 105 cm³/mol. The third-order valence-corrected chi connectivity index (χ3v) is 4.66. The first-order chi connectivity index (χ1) is 14.0. The summed E-state index contributed by atoms with van der Waals surface area (Å²) >= 11 is 0. The number of hydrogen-bond acceptors (Lipinski definition) is 2. The van der Waals surface area contributed by atoms with Crippen molar-refractivity contribution in [3.63, 3.8) is 0 Å². The Morgan fingerprint density at radius 2 is 1.42 bits per heavy atom. The van der Waals surface area contributed by atoms with Gasteiger partial charge in [-0.25, -0.2) is 0 Å². The monoisotopic (exact) mass is 338 g/mol. The Hall–Kier alpha value is -3.39. The quantitative estimate of drug-likeness (QED) is 0.348. The van der Waals surface area contributed by atoms with Crippen LogP contribution in [0, 0.1) is 6.85 Å². The molecule has 1 aromatic heterocycles. The van der Waals surface area contributed by atoms with Crippen LogP contribution in [0.1, 0.15) is 9.68 Å². The van der Waals surface area contributed by atoms with Crippen molar-refractivity contribution < 1.29 is 8.85 Å². The Labute approximate surface area is 157 Å². The maximum atomic E-state index is 7.57. The summed E-state index contributed by atoms with van der Waals surface area (Å²) in [5.41, 5.74) is 5.98. The lowest BCUT2D eigenvalue weighted by atomic mass is 9.90. The molecule has 4 aromatic rings. The zero-order valence-electron chi connectivity index (χ0n) is 16.9. The molecular formula is C24H17NO. The Morgan fingerprint density at radius 1 is 0.692 bits per heavy atom. The third kappa shape index (κ3) is 2.31. The summed E-state index contributed by atoms with van der Waals surface area (Å²) in [6.45, 7) is -2.17. The molecule has 2 heterocycles. The molecule has 26 heavy (non-hydrogen) atoms. The number of fused-ring (bicyclic) bond motifs is 5. The van der Waals surface area contributed by atoms with E-state index in [-0.39, 0.29) is 5.56 Å². The summed E-state index contributed by atoms with van der Waals surface area (Å²) in [6, 6.07) is 25.5. The lowest BCUT2D eigenvalue weighted by Crippen LogP contribution is -1.91. The fraction of sp³-hybridized carbons (Fsp3) is 0.0417. The van der Waals surface area contributed by atoms with Gasteiger partial charge in [0, 0.05) is 27.0 Å². The average Bonchev–Trinajstić information content (AvgIpc) is 2.88. The van der Waals surface area contributed by atoms with Gasteiger partial charge in [0.25, 0.3) is 0 Å². The minimum absolute atomic E-state index is 0.229. The van der Waals surface area contributed by atoms with Crippen molar-refractivity contribution in [2.75, 3.05) is 0 Å². The molecule has 0 N–H and O–H groups in total. The van der Waals surface area contributed by atoms with E-state index >= 15 is 0 Å². The van der Waals surface area contributed by atoms with Gasteiger partial charge in [0.15, 0.2) is 0 Å². The molecule has 0 fully saturated rings. The molecular weight excluding hydrogens is 318 g/mol. The number of para-hydroxylation sites is 1. The third-order valence-electron chi connectivity index (χ3n) is 4.66. The molecule has 0 radical (unpaired) electrons. The van der Waals surface area contributed by atoms with Crippen molar-refractivity contribution in [2.24, 2.45) is 0 Å². The van der Waals surface area contributed by atoms with Gasteiger partial charge in [-0.2, -0.15) is 0 Å². The van der Waals surface area contributed by atoms with Crippen molar-refractivity contribution in [3.8, 4) is 45.0 Å². The minimum atomic E-state index is -2.17. The van der Waals surface area contributed by atoms with Crippen LogP contribution in [-0.4, -0.2) is 4.98 Å². The van der Waals surface area contributed by atoms with Gasteiger partial charge in [-0.1, -0.05) is 60.7 Å². The molecule has 2 heteroatoms. The summed E-state index contributed by atoms with van der Waals surface area (Å²) in [4.78, 5) is 4.46. The first-order valence-electron chi connectivity index (χ1n) is 9.99. The van der Waals surface area contributed by atoms with Crippen LogP contribution in [0.3, 0.4) is 0 Å². The second-order valence-electron chi connectivity index (χ2n) is 6.25. The molecule has 124 valence electrons.